The topological polar surface area (TPSA) is 12.0 Å². The van der Waals surface area contributed by atoms with E-state index in [0.717, 1.165) is 22.0 Å². The Morgan fingerprint density at radius 1 is 1.00 bits per heavy atom. The summed E-state index contributed by atoms with van der Waals surface area (Å²) in [5, 5.41) is 4.82. The zero-order chi connectivity index (χ0) is 13.4. The van der Waals surface area contributed by atoms with Gasteiger partial charge in [-0.05, 0) is 65.6 Å². The molecule has 1 aromatic carbocycles. The van der Waals surface area contributed by atoms with Crippen LogP contribution in [0.25, 0.3) is 0 Å². The molecule has 4 heteroatoms. The number of anilines is 1. The van der Waals surface area contributed by atoms with E-state index in [0.29, 0.717) is 16.1 Å². The maximum atomic E-state index is 6.30. The van der Waals surface area contributed by atoms with E-state index in [9.17, 15) is 0 Å². The van der Waals surface area contributed by atoms with Gasteiger partial charge in [-0.1, -0.05) is 36.0 Å². The molecular weight excluding hydrogens is 345 g/mol. The van der Waals surface area contributed by atoms with Gasteiger partial charge in [-0.2, -0.15) is 0 Å². The molecule has 2 atom stereocenters. The molecule has 0 heterocycles. The van der Waals surface area contributed by atoms with Crippen molar-refractivity contribution in [1.29, 1.82) is 0 Å². The van der Waals surface area contributed by atoms with Crippen LogP contribution in [0.3, 0.4) is 0 Å². The predicted molar refractivity (Wildman–Crippen MR) is 86.3 cm³/mol. The number of rotatable bonds is 3. The molecule has 0 aliphatic heterocycles. The predicted octanol–water partition coefficient (Wildman–Crippen LogP) is 6.14. The van der Waals surface area contributed by atoms with Gasteiger partial charge in [0.1, 0.15) is 0 Å². The summed E-state index contributed by atoms with van der Waals surface area (Å²) >= 11 is 15.9. The Kier molecular flexibility index (Phi) is 4.31. The minimum absolute atomic E-state index is 0.550. The Bertz CT molecular complexity index is 473. The molecule has 0 bridgehead atoms. The zero-order valence-corrected chi connectivity index (χ0v) is 13.9. The summed E-state index contributed by atoms with van der Waals surface area (Å²) in [5.41, 5.74) is 0.969. The number of halogens is 3. The average Bonchev–Trinajstić information content (AvgIpc) is 3.24. The molecule has 2 aliphatic carbocycles. The van der Waals surface area contributed by atoms with Gasteiger partial charge >= 0.3 is 0 Å². The fourth-order valence-corrected chi connectivity index (χ4v) is 4.04. The molecule has 2 unspecified atom stereocenters. The van der Waals surface area contributed by atoms with Crippen molar-refractivity contribution in [3.63, 3.8) is 0 Å². The Morgan fingerprint density at radius 2 is 1.79 bits per heavy atom. The molecule has 0 spiro atoms. The van der Waals surface area contributed by atoms with Crippen LogP contribution in [0.5, 0.6) is 0 Å². The molecule has 19 heavy (non-hydrogen) atoms. The van der Waals surface area contributed by atoms with E-state index < -0.39 is 0 Å². The van der Waals surface area contributed by atoms with Gasteiger partial charge < -0.3 is 5.32 Å². The molecule has 1 nitrogen and oxygen atoms in total. The van der Waals surface area contributed by atoms with Crippen LogP contribution in [0.2, 0.25) is 10.0 Å². The van der Waals surface area contributed by atoms with Crippen molar-refractivity contribution < 1.29 is 0 Å². The second kappa shape index (κ2) is 5.83. The standard InChI is InChI=1S/C15H18BrCl2N/c16-12-6-7-13(15(18)14(12)17)19-11-3-1-2-10(8-11)9-4-5-9/h6-7,9-11,19H,1-5,8H2. The van der Waals surface area contributed by atoms with E-state index in [2.05, 4.69) is 21.2 Å². The van der Waals surface area contributed by atoms with Crippen molar-refractivity contribution in [1.82, 2.24) is 0 Å². The zero-order valence-electron chi connectivity index (χ0n) is 10.8. The van der Waals surface area contributed by atoms with Crippen molar-refractivity contribution in [2.24, 2.45) is 11.8 Å². The third-order valence-corrected chi connectivity index (χ3v) is 6.17. The van der Waals surface area contributed by atoms with Gasteiger partial charge in [0.15, 0.2) is 0 Å². The lowest BCUT2D eigenvalue weighted by Gasteiger charge is -2.31. The van der Waals surface area contributed by atoms with Crippen LogP contribution in [0, 0.1) is 11.8 Å². The smallest absolute Gasteiger partial charge is 0.0835 e. The van der Waals surface area contributed by atoms with Crippen LogP contribution >= 0.6 is 39.1 Å². The summed E-state index contributed by atoms with van der Waals surface area (Å²) in [7, 11) is 0. The van der Waals surface area contributed by atoms with Crippen LogP contribution in [0.1, 0.15) is 38.5 Å². The Hall–Kier alpha value is 0.0800. The Labute approximate surface area is 133 Å². The number of benzene rings is 1. The van der Waals surface area contributed by atoms with E-state index in [4.69, 9.17) is 23.2 Å². The largest absolute Gasteiger partial charge is 0.381 e. The second-order valence-corrected chi connectivity index (χ2v) is 7.44. The van der Waals surface area contributed by atoms with Gasteiger partial charge in [-0.3, -0.25) is 0 Å². The lowest BCUT2D eigenvalue weighted by molar-refractivity contribution is 0.303. The minimum atomic E-state index is 0.550. The van der Waals surface area contributed by atoms with Crippen molar-refractivity contribution in [2.45, 2.75) is 44.6 Å². The summed E-state index contributed by atoms with van der Waals surface area (Å²) in [4.78, 5) is 0. The lowest BCUT2D eigenvalue weighted by Crippen LogP contribution is -2.28. The first-order valence-corrected chi connectivity index (χ1v) is 8.60. The van der Waals surface area contributed by atoms with Gasteiger partial charge in [0.25, 0.3) is 0 Å². The number of hydrogen-bond donors (Lipinski definition) is 1. The van der Waals surface area contributed by atoms with E-state index in [1.165, 1.54) is 38.5 Å². The molecule has 1 N–H and O–H groups in total. The lowest BCUT2D eigenvalue weighted by atomic mass is 9.82. The van der Waals surface area contributed by atoms with Crippen molar-refractivity contribution >= 4 is 44.8 Å². The second-order valence-electron chi connectivity index (χ2n) is 5.83. The summed E-state index contributed by atoms with van der Waals surface area (Å²) in [6.45, 7) is 0. The highest BCUT2D eigenvalue weighted by atomic mass is 79.9. The third kappa shape index (κ3) is 3.22. The van der Waals surface area contributed by atoms with Gasteiger partial charge in [-0.15, -0.1) is 0 Å². The van der Waals surface area contributed by atoms with Crippen LogP contribution in [0.15, 0.2) is 16.6 Å². The van der Waals surface area contributed by atoms with E-state index in [1.54, 1.807) is 0 Å². The van der Waals surface area contributed by atoms with Gasteiger partial charge in [0.05, 0.1) is 15.7 Å². The minimum Gasteiger partial charge on any atom is -0.381 e. The fraction of sp³-hybridized carbons (Fsp3) is 0.600. The maximum Gasteiger partial charge on any atom is 0.0835 e. The molecule has 2 saturated carbocycles. The molecule has 2 aliphatic rings. The van der Waals surface area contributed by atoms with Gasteiger partial charge in [-0.25, -0.2) is 0 Å². The first kappa shape index (κ1) is 14.0. The summed E-state index contributed by atoms with van der Waals surface area (Å²) in [5.74, 6) is 1.93. The van der Waals surface area contributed by atoms with Gasteiger partial charge in [0.2, 0.25) is 0 Å². The highest BCUT2D eigenvalue weighted by molar-refractivity contribution is 9.10. The van der Waals surface area contributed by atoms with Crippen LogP contribution < -0.4 is 5.32 Å². The highest BCUT2D eigenvalue weighted by Gasteiger charge is 2.34. The first-order valence-electron chi connectivity index (χ1n) is 7.05. The van der Waals surface area contributed by atoms with Crippen molar-refractivity contribution in [3.8, 4) is 0 Å². The Morgan fingerprint density at radius 3 is 2.53 bits per heavy atom. The van der Waals surface area contributed by atoms with E-state index >= 15 is 0 Å². The van der Waals surface area contributed by atoms with Crippen LogP contribution in [-0.4, -0.2) is 6.04 Å². The molecular formula is C15H18BrCl2N. The van der Waals surface area contributed by atoms with E-state index in [1.807, 2.05) is 12.1 Å². The number of hydrogen-bond acceptors (Lipinski definition) is 1. The summed E-state index contributed by atoms with van der Waals surface area (Å²) in [6.07, 6.45) is 8.17. The quantitative estimate of drug-likeness (QED) is 0.637. The molecule has 0 aromatic heterocycles. The molecule has 0 saturated heterocycles. The number of nitrogens with one attached hydrogen (secondary N) is 1. The van der Waals surface area contributed by atoms with Crippen LogP contribution in [-0.2, 0) is 0 Å². The maximum absolute atomic E-state index is 6.30. The van der Waals surface area contributed by atoms with Crippen molar-refractivity contribution in [3.05, 3.63) is 26.7 Å². The third-order valence-electron chi connectivity index (χ3n) is 4.40. The van der Waals surface area contributed by atoms with E-state index in [-0.39, 0.29) is 0 Å². The monoisotopic (exact) mass is 361 g/mol. The fourth-order valence-electron chi connectivity index (χ4n) is 3.21. The molecule has 3 rings (SSSR count). The molecule has 1 aromatic rings. The van der Waals surface area contributed by atoms with Crippen LogP contribution in [0.4, 0.5) is 5.69 Å². The summed E-state index contributed by atoms with van der Waals surface area (Å²) < 4.78 is 0.851. The van der Waals surface area contributed by atoms with Gasteiger partial charge in [0, 0.05) is 10.5 Å². The highest BCUT2D eigenvalue weighted by Crippen LogP contribution is 2.45. The normalized spacial score (nSPS) is 27.3. The molecule has 104 valence electrons. The van der Waals surface area contributed by atoms with Crippen molar-refractivity contribution in [2.75, 3.05) is 5.32 Å². The SMILES string of the molecule is Clc1c(Br)ccc(NC2CCCC(C3CC3)C2)c1Cl. The summed E-state index contributed by atoms with van der Waals surface area (Å²) in [6, 6.07) is 4.52. The molecule has 0 amide bonds. The average molecular weight is 363 g/mol. The Balaban J connectivity index is 1.68. The molecule has 0 radical (unpaired) electrons. The first-order chi connectivity index (χ1) is 9.15. The molecule has 2 fully saturated rings.